The van der Waals surface area contributed by atoms with Gasteiger partial charge in [0, 0.05) is 31.4 Å². The molecule has 2 aromatic rings. The number of pyridine rings is 1. The normalized spacial score (nSPS) is 11.1. The minimum Gasteiger partial charge on any atom is -0.481 e. The van der Waals surface area contributed by atoms with Gasteiger partial charge in [-0.3, -0.25) is 5.10 Å². The van der Waals surface area contributed by atoms with Gasteiger partial charge in [0.1, 0.15) is 0 Å². The van der Waals surface area contributed by atoms with Gasteiger partial charge < -0.3 is 15.4 Å². The van der Waals surface area contributed by atoms with Gasteiger partial charge in [-0.2, -0.15) is 5.10 Å². The van der Waals surface area contributed by atoms with Crippen molar-refractivity contribution in [3.63, 3.8) is 0 Å². The molecular weight excluding hydrogens is 278 g/mol. The number of rotatable bonds is 6. The van der Waals surface area contributed by atoms with Crippen LogP contribution in [0.15, 0.2) is 18.5 Å². The zero-order chi connectivity index (χ0) is 14.5. The zero-order valence-electron chi connectivity index (χ0n) is 11.6. The molecule has 0 aliphatic carbocycles. The van der Waals surface area contributed by atoms with E-state index in [-0.39, 0.29) is 0 Å². The highest BCUT2D eigenvalue weighted by Crippen LogP contribution is 2.31. The van der Waals surface area contributed by atoms with Crippen molar-refractivity contribution in [1.82, 2.24) is 20.1 Å². The number of aromatic amines is 1. The number of nitrogens with zero attached hydrogens (tertiary/aromatic N) is 3. The average Bonchev–Trinajstić information content (AvgIpc) is 2.86. The van der Waals surface area contributed by atoms with Crippen molar-refractivity contribution >= 4 is 11.6 Å². The van der Waals surface area contributed by atoms with Gasteiger partial charge in [-0.15, -0.1) is 0 Å². The quantitative estimate of drug-likeness (QED) is 0.845. The molecule has 0 saturated carbocycles. The number of hydrogen-bond donors (Lipinski definition) is 2. The van der Waals surface area contributed by atoms with Crippen molar-refractivity contribution in [1.29, 1.82) is 0 Å². The molecule has 0 saturated heterocycles. The highest BCUT2D eigenvalue weighted by molar-refractivity contribution is 6.30. The molecule has 0 radical (unpaired) electrons. The van der Waals surface area contributed by atoms with E-state index >= 15 is 0 Å². The fourth-order valence-electron chi connectivity index (χ4n) is 2.02. The van der Waals surface area contributed by atoms with Crippen LogP contribution >= 0.6 is 11.6 Å². The molecular formula is C13H18ClN5O. The van der Waals surface area contributed by atoms with Crippen LogP contribution in [0.2, 0.25) is 5.02 Å². The van der Waals surface area contributed by atoms with E-state index in [0.29, 0.717) is 17.4 Å². The monoisotopic (exact) mass is 295 g/mol. The van der Waals surface area contributed by atoms with Crippen LogP contribution in [0.1, 0.15) is 5.56 Å². The van der Waals surface area contributed by atoms with Crippen molar-refractivity contribution < 1.29 is 4.74 Å². The SMILES string of the molecule is COc1ncc(Cl)cc1-c1[nH]ncc1CN(C)CCN. The van der Waals surface area contributed by atoms with Gasteiger partial charge in [0.05, 0.1) is 29.6 Å². The number of nitrogens with one attached hydrogen (secondary N) is 1. The first kappa shape index (κ1) is 14.8. The Balaban J connectivity index is 2.34. The molecule has 0 atom stereocenters. The van der Waals surface area contributed by atoms with Crippen LogP contribution in [0.5, 0.6) is 5.88 Å². The third-order valence-electron chi connectivity index (χ3n) is 2.95. The maximum atomic E-state index is 6.02. The third kappa shape index (κ3) is 3.27. The number of ether oxygens (including phenoxy) is 1. The van der Waals surface area contributed by atoms with Crippen molar-refractivity contribution in [2.75, 3.05) is 27.2 Å². The maximum absolute atomic E-state index is 6.02. The van der Waals surface area contributed by atoms with Gasteiger partial charge in [0.2, 0.25) is 5.88 Å². The number of hydrogen-bond acceptors (Lipinski definition) is 5. The Kier molecular flexibility index (Phi) is 4.94. The molecule has 2 heterocycles. The zero-order valence-corrected chi connectivity index (χ0v) is 12.3. The highest BCUT2D eigenvalue weighted by Gasteiger charge is 2.15. The molecule has 0 aliphatic heterocycles. The van der Waals surface area contributed by atoms with Crippen LogP contribution in [-0.2, 0) is 6.54 Å². The number of halogens is 1. The van der Waals surface area contributed by atoms with E-state index in [1.165, 1.54) is 0 Å². The average molecular weight is 296 g/mol. The lowest BCUT2D eigenvalue weighted by molar-refractivity contribution is 0.336. The molecule has 0 bridgehead atoms. The van der Waals surface area contributed by atoms with E-state index in [1.54, 1.807) is 19.5 Å². The van der Waals surface area contributed by atoms with Crippen LogP contribution in [-0.4, -0.2) is 47.3 Å². The molecule has 2 rings (SSSR count). The molecule has 0 amide bonds. The predicted molar refractivity (Wildman–Crippen MR) is 78.8 cm³/mol. The molecule has 20 heavy (non-hydrogen) atoms. The minimum absolute atomic E-state index is 0.515. The molecule has 108 valence electrons. The molecule has 3 N–H and O–H groups in total. The first-order valence-corrected chi connectivity index (χ1v) is 6.64. The molecule has 6 nitrogen and oxygen atoms in total. The Morgan fingerprint density at radius 1 is 1.45 bits per heavy atom. The van der Waals surface area contributed by atoms with Crippen LogP contribution in [0.25, 0.3) is 11.3 Å². The summed E-state index contributed by atoms with van der Waals surface area (Å²) in [5, 5.41) is 7.64. The van der Waals surface area contributed by atoms with E-state index in [1.807, 2.05) is 13.1 Å². The van der Waals surface area contributed by atoms with E-state index in [0.717, 1.165) is 29.9 Å². The molecule has 0 spiro atoms. The largest absolute Gasteiger partial charge is 0.481 e. The summed E-state index contributed by atoms with van der Waals surface area (Å²) in [4.78, 5) is 6.30. The topological polar surface area (TPSA) is 80.1 Å². The van der Waals surface area contributed by atoms with E-state index < -0.39 is 0 Å². The molecule has 0 unspecified atom stereocenters. The van der Waals surface area contributed by atoms with Gasteiger partial charge in [-0.05, 0) is 13.1 Å². The first-order chi connectivity index (χ1) is 9.65. The van der Waals surface area contributed by atoms with Crippen molar-refractivity contribution in [3.8, 4) is 17.1 Å². The first-order valence-electron chi connectivity index (χ1n) is 6.26. The van der Waals surface area contributed by atoms with Gasteiger partial charge in [-0.25, -0.2) is 4.98 Å². The van der Waals surface area contributed by atoms with Crippen LogP contribution < -0.4 is 10.5 Å². The summed E-state index contributed by atoms with van der Waals surface area (Å²) < 4.78 is 5.28. The minimum atomic E-state index is 0.515. The molecule has 0 fully saturated rings. The fourth-order valence-corrected chi connectivity index (χ4v) is 2.18. The second-order valence-electron chi connectivity index (χ2n) is 4.51. The lowest BCUT2D eigenvalue weighted by Crippen LogP contribution is -2.25. The van der Waals surface area contributed by atoms with Crippen LogP contribution in [0.3, 0.4) is 0 Å². The van der Waals surface area contributed by atoms with E-state index in [2.05, 4.69) is 20.1 Å². The Labute approximate surface area is 122 Å². The number of likely N-dealkylation sites (N-methyl/N-ethyl adjacent to an activating group) is 1. The maximum Gasteiger partial charge on any atom is 0.222 e. The molecule has 7 heteroatoms. The highest BCUT2D eigenvalue weighted by atomic mass is 35.5. The Hall–Kier alpha value is -1.63. The van der Waals surface area contributed by atoms with Crippen molar-refractivity contribution in [2.24, 2.45) is 5.73 Å². The lowest BCUT2D eigenvalue weighted by atomic mass is 10.1. The van der Waals surface area contributed by atoms with Gasteiger partial charge >= 0.3 is 0 Å². The summed E-state index contributed by atoms with van der Waals surface area (Å²) in [5.41, 5.74) is 8.27. The third-order valence-corrected chi connectivity index (χ3v) is 3.16. The summed E-state index contributed by atoms with van der Waals surface area (Å²) in [6, 6.07) is 1.81. The van der Waals surface area contributed by atoms with Gasteiger partial charge in [0.25, 0.3) is 0 Å². The Morgan fingerprint density at radius 3 is 2.95 bits per heavy atom. The summed E-state index contributed by atoms with van der Waals surface area (Å²) in [7, 11) is 3.59. The molecule has 2 aromatic heterocycles. The van der Waals surface area contributed by atoms with Crippen LogP contribution in [0.4, 0.5) is 0 Å². The predicted octanol–water partition coefficient (Wildman–Crippen LogP) is 1.52. The Bertz CT molecular complexity index is 572. The number of H-pyrrole nitrogens is 1. The summed E-state index contributed by atoms with van der Waals surface area (Å²) in [6.07, 6.45) is 3.35. The summed E-state index contributed by atoms with van der Waals surface area (Å²) in [5.74, 6) is 0.515. The fraction of sp³-hybridized carbons (Fsp3) is 0.385. The summed E-state index contributed by atoms with van der Waals surface area (Å²) in [6.45, 7) is 2.17. The molecule has 0 aliphatic rings. The van der Waals surface area contributed by atoms with E-state index in [9.17, 15) is 0 Å². The standard InChI is InChI=1S/C13H18ClN5O/c1-19(4-3-15)8-9-6-17-18-12(9)11-5-10(14)7-16-13(11)20-2/h5-7H,3-4,8,15H2,1-2H3,(H,17,18). The van der Waals surface area contributed by atoms with Gasteiger partial charge in [-0.1, -0.05) is 11.6 Å². The second kappa shape index (κ2) is 6.69. The van der Waals surface area contributed by atoms with Crippen LogP contribution in [0, 0.1) is 0 Å². The summed E-state index contributed by atoms with van der Waals surface area (Å²) >= 11 is 6.02. The van der Waals surface area contributed by atoms with E-state index in [4.69, 9.17) is 22.1 Å². The smallest absolute Gasteiger partial charge is 0.222 e. The number of nitrogens with two attached hydrogens (primary N) is 1. The van der Waals surface area contributed by atoms with Crippen molar-refractivity contribution in [2.45, 2.75) is 6.54 Å². The number of methoxy groups -OCH3 is 1. The number of aromatic nitrogens is 3. The Morgan fingerprint density at radius 2 is 2.25 bits per heavy atom. The van der Waals surface area contributed by atoms with Crippen molar-refractivity contribution in [3.05, 3.63) is 29.0 Å². The second-order valence-corrected chi connectivity index (χ2v) is 4.94. The lowest BCUT2D eigenvalue weighted by Gasteiger charge is -2.15. The van der Waals surface area contributed by atoms with Gasteiger partial charge in [0.15, 0.2) is 0 Å². The molecule has 0 aromatic carbocycles.